The summed E-state index contributed by atoms with van der Waals surface area (Å²) in [7, 11) is 1.51. The number of amides is 2. The molecule has 1 saturated carbocycles. The first-order valence-electron chi connectivity index (χ1n) is 12.0. The van der Waals surface area contributed by atoms with E-state index >= 15 is 0 Å². The van der Waals surface area contributed by atoms with Crippen LogP contribution in [-0.4, -0.2) is 75.0 Å². The molecule has 4 atom stereocenters. The first-order chi connectivity index (χ1) is 17.0. The molecule has 0 radical (unpaired) electrons. The summed E-state index contributed by atoms with van der Waals surface area (Å²) >= 11 is 0. The molecule has 2 N–H and O–H groups in total. The van der Waals surface area contributed by atoms with E-state index in [0.29, 0.717) is 49.4 Å². The van der Waals surface area contributed by atoms with Crippen LogP contribution in [0.15, 0.2) is 42.6 Å². The van der Waals surface area contributed by atoms with Crippen LogP contribution in [-0.2, 0) is 17.9 Å². The van der Waals surface area contributed by atoms with E-state index in [1.54, 1.807) is 35.4 Å². The summed E-state index contributed by atoms with van der Waals surface area (Å²) < 4.78 is 7.35. The lowest BCUT2D eigenvalue weighted by Gasteiger charge is -2.26. The summed E-state index contributed by atoms with van der Waals surface area (Å²) in [6.45, 7) is 2.70. The number of aromatic hydroxyl groups is 1. The number of aliphatic hydroxyl groups is 1. The van der Waals surface area contributed by atoms with E-state index in [9.17, 15) is 19.8 Å². The summed E-state index contributed by atoms with van der Waals surface area (Å²) in [6, 6.07) is 10.6. The fourth-order valence-electron chi connectivity index (χ4n) is 5.88. The highest BCUT2D eigenvalue weighted by Crippen LogP contribution is 2.53. The average molecular weight is 477 g/mol. The number of aromatic nitrogens is 2. The normalized spacial score (nSPS) is 25.2. The maximum Gasteiger partial charge on any atom is 0.257 e. The number of hydrogen-bond donors (Lipinski definition) is 2. The number of piperidine rings is 1. The van der Waals surface area contributed by atoms with Crippen LogP contribution in [0.2, 0.25) is 0 Å². The highest BCUT2D eigenvalue weighted by molar-refractivity contribution is 6.03. The molecule has 2 fully saturated rings. The smallest absolute Gasteiger partial charge is 0.257 e. The molecule has 2 amide bonds. The molecule has 6 rings (SSSR count). The largest absolute Gasteiger partial charge is 0.507 e. The van der Waals surface area contributed by atoms with E-state index in [1.165, 1.54) is 7.11 Å². The molecule has 3 aliphatic rings. The Kier molecular flexibility index (Phi) is 5.17. The lowest BCUT2D eigenvalue weighted by atomic mass is 10.0. The fraction of sp³-hybridized carbons (Fsp3) is 0.423. The van der Waals surface area contributed by atoms with Crippen LogP contribution >= 0.6 is 0 Å². The average Bonchev–Trinajstić information content (AvgIpc) is 3.16. The highest BCUT2D eigenvalue weighted by Gasteiger charge is 2.61. The van der Waals surface area contributed by atoms with E-state index < -0.39 is 0 Å². The third-order valence-corrected chi connectivity index (χ3v) is 7.81. The Hall–Kier alpha value is -3.59. The second-order valence-corrected chi connectivity index (χ2v) is 9.89. The van der Waals surface area contributed by atoms with E-state index in [4.69, 9.17) is 4.74 Å². The predicted octanol–water partition coefficient (Wildman–Crippen LogP) is 1.72. The van der Waals surface area contributed by atoms with Crippen molar-refractivity contribution in [2.75, 3.05) is 33.4 Å². The van der Waals surface area contributed by atoms with Crippen LogP contribution in [0.1, 0.15) is 16.1 Å². The number of phenolic OH excluding ortho intramolecular Hbond substituents is 1. The lowest BCUT2D eigenvalue weighted by Crippen LogP contribution is -2.39. The molecule has 2 aliphatic heterocycles. The molecular weight excluding hydrogens is 448 g/mol. The molecule has 9 nitrogen and oxygen atoms in total. The van der Waals surface area contributed by atoms with Crippen molar-refractivity contribution in [3.05, 3.63) is 53.9 Å². The summed E-state index contributed by atoms with van der Waals surface area (Å²) in [6.07, 6.45) is 1.73. The van der Waals surface area contributed by atoms with E-state index in [-0.39, 0.29) is 47.8 Å². The molecule has 3 aromatic rings. The molecule has 2 unspecified atom stereocenters. The van der Waals surface area contributed by atoms with Crippen LogP contribution in [0.25, 0.3) is 10.8 Å². The van der Waals surface area contributed by atoms with Gasteiger partial charge in [-0.2, -0.15) is 5.10 Å². The number of carbonyl (C=O) groups excluding carboxylic acids is 2. The molecule has 9 heteroatoms. The van der Waals surface area contributed by atoms with Gasteiger partial charge < -0.3 is 24.7 Å². The minimum absolute atomic E-state index is 0.00818. The minimum atomic E-state index is -0.121. The number of likely N-dealkylation sites (tertiary alicyclic amines) is 1. The zero-order chi connectivity index (χ0) is 24.3. The number of phenols is 1. The first kappa shape index (κ1) is 21.9. The fourth-order valence-corrected chi connectivity index (χ4v) is 5.88. The van der Waals surface area contributed by atoms with Crippen LogP contribution in [0, 0.1) is 23.7 Å². The van der Waals surface area contributed by atoms with Crippen LogP contribution < -0.4 is 4.74 Å². The molecule has 2 aromatic carbocycles. The van der Waals surface area contributed by atoms with Gasteiger partial charge in [0.15, 0.2) is 0 Å². The van der Waals surface area contributed by atoms with Gasteiger partial charge in [-0.05, 0) is 41.5 Å². The summed E-state index contributed by atoms with van der Waals surface area (Å²) in [5.41, 5.74) is 1.44. The monoisotopic (exact) mass is 476 g/mol. The number of benzene rings is 2. The van der Waals surface area contributed by atoms with Gasteiger partial charge in [0.25, 0.3) is 5.91 Å². The van der Waals surface area contributed by atoms with Gasteiger partial charge in [0.2, 0.25) is 5.91 Å². The van der Waals surface area contributed by atoms with Crippen molar-refractivity contribution < 1.29 is 24.5 Å². The number of methoxy groups -OCH3 is 1. The molecule has 1 aromatic heterocycles. The standard InChI is InChI=1S/C26H28N4O5/c1-35-23-8-18-16(3-2-4-22(18)32)7-19(23)25(33)29-12-20-21(13-29)24(20)26(34)28-9-15(14-31)10-30-17(11-28)5-6-27-30/h2-8,15,20-21,24,31-32H,9-14H2,1H3/t15?,20-,21+,24?. The number of hydrogen-bond acceptors (Lipinski definition) is 6. The summed E-state index contributed by atoms with van der Waals surface area (Å²) in [5, 5.41) is 25.6. The van der Waals surface area contributed by atoms with Crippen molar-refractivity contribution in [3.63, 3.8) is 0 Å². The molecule has 0 bridgehead atoms. The van der Waals surface area contributed by atoms with Crippen LogP contribution in [0.4, 0.5) is 0 Å². The maximum absolute atomic E-state index is 13.4. The van der Waals surface area contributed by atoms with Gasteiger partial charge >= 0.3 is 0 Å². The van der Waals surface area contributed by atoms with Gasteiger partial charge in [-0.15, -0.1) is 0 Å². The summed E-state index contributed by atoms with van der Waals surface area (Å²) in [5.74, 6) is 0.741. The Morgan fingerprint density at radius 3 is 2.63 bits per heavy atom. The van der Waals surface area contributed by atoms with Crippen molar-refractivity contribution in [1.29, 1.82) is 0 Å². The second-order valence-electron chi connectivity index (χ2n) is 9.89. The van der Waals surface area contributed by atoms with Gasteiger partial charge in [-0.3, -0.25) is 14.3 Å². The molecule has 1 aliphatic carbocycles. The Bertz CT molecular complexity index is 1310. The topological polar surface area (TPSA) is 108 Å². The van der Waals surface area contributed by atoms with Crippen molar-refractivity contribution in [2.24, 2.45) is 23.7 Å². The third-order valence-electron chi connectivity index (χ3n) is 7.81. The van der Waals surface area contributed by atoms with Gasteiger partial charge in [-0.25, -0.2) is 0 Å². The van der Waals surface area contributed by atoms with E-state index in [0.717, 1.165) is 11.1 Å². The predicted molar refractivity (Wildman–Crippen MR) is 127 cm³/mol. The zero-order valence-corrected chi connectivity index (χ0v) is 19.5. The number of rotatable bonds is 4. The number of aliphatic hydroxyl groups excluding tert-OH is 1. The number of ether oxygens (including phenoxy) is 1. The van der Waals surface area contributed by atoms with Crippen molar-refractivity contribution >= 4 is 22.6 Å². The van der Waals surface area contributed by atoms with Crippen LogP contribution in [0.3, 0.4) is 0 Å². The maximum atomic E-state index is 13.4. The molecule has 1 saturated heterocycles. The zero-order valence-electron chi connectivity index (χ0n) is 19.5. The SMILES string of the molecule is COc1cc2c(O)cccc2cc1C(=O)N1C[C@@H]2C(C(=O)N3Cc4ccnn4CC(CO)C3)[C@@H]2C1. The number of fused-ring (bicyclic) bond motifs is 3. The Labute approximate surface area is 202 Å². The molecule has 0 spiro atoms. The van der Waals surface area contributed by atoms with E-state index in [2.05, 4.69) is 5.10 Å². The lowest BCUT2D eigenvalue weighted by molar-refractivity contribution is -0.134. The molecular formula is C26H28N4O5. The molecule has 35 heavy (non-hydrogen) atoms. The van der Waals surface area contributed by atoms with Crippen molar-refractivity contribution in [1.82, 2.24) is 19.6 Å². The Morgan fingerprint density at radius 1 is 1.09 bits per heavy atom. The molecule has 3 heterocycles. The van der Waals surface area contributed by atoms with Gasteiger partial charge in [0.1, 0.15) is 11.5 Å². The highest BCUT2D eigenvalue weighted by atomic mass is 16.5. The minimum Gasteiger partial charge on any atom is -0.507 e. The van der Waals surface area contributed by atoms with Gasteiger partial charge in [0, 0.05) is 56.2 Å². The van der Waals surface area contributed by atoms with Crippen LogP contribution in [0.5, 0.6) is 11.5 Å². The second kappa shape index (κ2) is 8.27. The molecule has 182 valence electrons. The number of nitrogens with zero attached hydrogens (tertiary/aromatic N) is 4. The third kappa shape index (κ3) is 3.61. The van der Waals surface area contributed by atoms with E-state index in [1.807, 2.05) is 21.7 Å². The number of carbonyl (C=O) groups is 2. The van der Waals surface area contributed by atoms with Crippen molar-refractivity contribution in [2.45, 2.75) is 13.1 Å². The Balaban J connectivity index is 1.16. The van der Waals surface area contributed by atoms with Gasteiger partial charge in [-0.1, -0.05) is 12.1 Å². The Morgan fingerprint density at radius 2 is 1.89 bits per heavy atom. The van der Waals surface area contributed by atoms with Gasteiger partial charge in [0.05, 0.1) is 24.9 Å². The quantitative estimate of drug-likeness (QED) is 0.594. The summed E-state index contributed by atoms with van der Waals surface area (Å²) in [4.78, 5) is 30.5. The van der Waals surface area contributed by atoms with Crippen molar-refractivity contribution in [3.8, 4) is 11.5 Å². The first-order valence-corrected chi connectivity index (χ1v) is 12.0.